The fourth-order valence-corrected chi connectivity index (χ4v) is 1.68. The highest BCUT2D eigenvalue weighted by molar-refractivity contribution is 5.90. The Morgan fingerprint density at radius 2 is 2.28 bits per heavy atom. The summed E-state index contributed by atoms with van der Waals surface area (Å²) in [6.45, 7) is 9.45. The minimum atomic E-state index is -0.232. The second-order valence-electron chi connectivity index (χ2n) is 4.14. The number of nitrogens with zero attached hydrogens (tertiary/aromatic N) is 1. The second-order valence-corrected chi connectivity index (χ2v) is 4.14. The molecule has 5 nitrogen and oxygen atoms in total. The van der Waals surface area contributed by atoms with Crippen LogP contribution < -0.4 is 10.6 Å². The fraction of sp³-hybridized carbons (Fsp3) is 0.538. The molecule has 0 unspecified atom stereocenters. The lowest BCUT2D eigenvalue weighted by molar-refractivity contribution is 0.248. The van der Waals surface area contributed by atoms with Crippen LogP contribution in [0.15, 0.2) is 17.2 Å². The zero-order valence-electron chi connectivity index (χ0n) is 11.2. The van der Waals surface area contributed by atoms with Crippen LogP contribution in [0.5, 0.6) is 0 Å². The van der Waals surface area contributed by atoms with E-state index in [2.05, 4.69) is 22.4 Å². The van der Waals surface area contributed by atoms with E-state index < -0.39 is 0 Å². The van der Waals surface area contributed by atoms with Crippen molar-refractivity contribution in [3.05, 3.63) is 24.1 Å². The number of hydrogen-bond donors (Lipinski definition) is 2. The van der Waals surface area contributed by atoms with Crippen LogP contribution >= 0.6 is 0 Å². The maximum Gasteiger partial charge on any atom is 0.319 e. The van der Waals surface area contributed by atoms with Crippen LogP contribution in [0, 0.1) is 6.92 Å². The molecule has 0 saturated carbocycles. The molecule has 0 aliphatic rings. The van der Waals surface area contributed by atoms with Gasteiger partial charge in [-0.1, -0.05) is 25.1 Å². The Balaban J connectivity index is 2.63. The molecule has 0 fully saturated rings. The molecule has 5 heteroatoms. The van der Waals surface area contributed by atoms with E-state index in [9.17, 15) is 4.79 Å². The van der Waals surface area contributed by atoms with Crippen LogP contribution in [0.1, 0.15) is 38.1 Å². The third kappa shape index (κ3) is 3.61. The Kier molecular flexibility index (Phi) is 5.42. The van der Waals surface area contributed by atoms with Crippen LogP contribution in [0.25, 0.3) is 0 Å². The molecule has 18 heavy (non-hydrogen) atoms. The van der Waals surface area contributed by atoms with Gasteiger partial charge in [-0.3, -0.25) is 0 Å². The number of carbonyl (C=O) groups excluding carboxylic acids is 1. The number of aromatic nitrogens is 1. The van der Waals surface area contributed by atoms with Gasteiger partial charge in [0.25, 0.3) is 0 Å². The molecule has 0 saturated heterocycles. The highest BCUT2D eigenvalue weighted by Crippen LogP contribution is 2.20. The van der Waals surface area contributed by atoms with Crippen LogP contribution in [-0.4, -0.2) is 17.2 Å². The molecule has 1 heterocycles. The van der Waals surface area contributed by atoms with Gasteiger partial charge in [0.1, 0.15) is 11.4 Å². The van der Waals surface area contributed by atoms with Crippen molar-refractivity contribution < 1.29 is 9.32 Å². The van der Waals surface area contributed by atoms with Crippen LogP contribution in [0.4, 0.5) is 10.5 Å². The fourth-order valence-electron chi connectivity index (χ4n) is 1.68. The summed E-state index contributed by atoms with van der Waals surface area (Å²) in [4.78, 5) is 11.8. The van der Waals surface area contributed by atoms with Crippen molar-refractivity contribution in [2.75, 3.05) is 5.32 Å². The predicted octanol–water partition coefficient (Wildman–Crippen LogP) is 3.02. The summed E-state index contributed by atoms with van der Waals surface area (Å²) in [5.74, 6) is 0.624. The number of anilines is 1. The molecule has 1 aromatic heterocycles. The van der Waals surface area contributed by atoms with E-state index in [1.807, 2.05) is 13.8 Å². The van der Waals surface area contributed by atoms with Gasteiger partial charge in [-0.05, 0) is 26.2 Å². The quantitative estimate of drug-likeness (QED) is 0.764. The van der Waals surface area contributed by atoms with Gasteiger partial charge in [0.15, 0.2) is 5.76 Å². The highest BCUT2D eigenvalue weighted by Gasteiger charge is 2.15. The van der Waals surface area contributed by atoms with E-state index >= 15 is 0 Å². The molecular weight excluding hydrogens is 230 g/mol. The first-order valence-electron chi connectivity index (χ1n) is 6.25. The maximum absolute atomic E-state index is 11.8. The normalized spacial score (nSPS) is 11.9. The van der Waals surface area contributed by atoms with Crippen molar-refractivity contribution in [3.63, 3.8) is 0 Å². The lowest BCUT2D eigenvalue weighted by Gasteiger charge is -2.15. The molecule has 100 valence electrons. The van der Waals surface area contributed by atoms with E-state index in [-0.39, 0.29) is 12.1 Å². The Bertz CT molecular complexity index is 412. The Morgan fingerprint density at radius 1 is 1.56 bits per heavy atom. The summed E-state index contributed by atoms with van der Waals surface area (Å²) < 4.78 is 5.06. The van der Waals surface area contributed by atoms with E-state index in [0.717, 1.165) is 25.0 Å². The van der Waals surface area contributed by atoms with Gasteiger partial charge in [0, 0.05) is 6.04 Å². The summed E-state index contributed by atoms with van der Waals surface area (Å²) in [5.41, 5.74) is 1.43. The molecule has 2 amide bonds. The van der Waals surface area contributed by atoms with Crippen LogP contribution in [0.3, 0.4) is 0 Å². The lowest BCUT2D eigenvalue weighted by Crippen LogP contribution is -2.37. The summed E-state index contributed by atoms with van der Waals surface area (Å²) in [6, 6.07) is -0.127. The zero-order chi connectivity index (χ0) is 13.5. The Hall–Kier alpha value is -1.78. The summed E-state index contributed by atoms with van der Waals surface area (Å²) in [7, 11) is 0. The summed E-state index contributed by atoms with van der Waals surface area (Å²) >= 11 is 0. The standard InChI is InChI=1S/C13H21N3O2/c1-5-8-10(6-2)14-13(17)15-12-9(4)18-16-11(12)7-3/h5,10H,1,6-8H2,2-4H3,(H2,14,15,17)/t10-/m1/s1. The summed E-state index contributed by atoms with van der Waals surface area (Å²) in [6.07, 6.45) is 4.14. The number of urea groups is 1. The summed E-state index contributed by atoms with van der Waals surface area (Å²) in [5, 5.41) is 9.58. The van der Waals surface area contributed by atoms with Gasteiger partial charge >= 0.3 is 6.03 Å². The van der Waals surface area contributed by atoms with Crippen molar-refractivity contribution >= 4 is 11.7 Å². The van der Waals surface area contributed by atoms with Crippen molar-refractivity contribution in [2.24, 2.45) is 0 Å². The van der Waals surface area contributed by atoms with Crippen molar-refractivity contribution in [1.29, 1.82) is 0 Å². The third-order valence-electron chi connectivity index (χ3n) is 2.79. The zero-order valence-corrected chi connectivity index (χ0v) is 11.2. The van der Waals surface area contributed by atoms with Gasteiger partial charge in [-0.2, -0.15) is 0 Å². The third-order valence-corrected chi connectivity index (χ3v) is 2.79. The second kappa shape index (κ2) is 6.83. The minimum absolute atomic E-state index is 0.104. The van der Waals surface area contributed by atoms with E-state index in [1.165, 1.54) is 0 Å². The van der Waals surface area contributed by atoms with Gasteiger partial charge in [0.2, 0.25) is 0 Å². The molecule has 0 radical (unpaired) electrons. The minimum Gasteiger partial charge on any atom is -0.359 e. The number of carbonyl (C=O) groups is 1. The molecule has 0 spiro atoms. The van der Waals surface area contributed by atoms with Crippen LogP contribution in [-0.2, 0) is 6.42 Å². The first kappa shape index (κ1) is 14.3. The molecule has 0 bridgehead atoms. The number of aryl methyl sites for hydroxylation is 2. The Morgan fingerprint density at radius 3 is 2.83 bits per heavy atom. The molecule has 2 N–H and O–H groups in total. The number of amides is 2. The number of rotatable bonds is 6. The average molecular weight is 251 g/mol. The lowest BCUT2D eigenvalue weighted by atomic mass is 10.1. The molecule has 0 aliphatic heterocycles. The Labute approximate surface area is 108 Å². The van der Waals surface area contributed by atoms with Gasteiger partial charge in [-0.25, -0.2) is 4.79 Å². The maximum atomic E-state index is 11.8. The molecule has 0 aliphatic carbocycles. The van der Waals surface area contributed by atoms with Crippen molar-refractivity contribution in [2.45, 2.75) is 46.1 Å². The van der Waals surface area contributed by atoms with Gasteiger partial charge < -0.3 is 15.2 Å². The average Bonchev–Trinajstić information content (AvgIpc) is 2.70. The molecule has 1 atom stereocenters. The first-order valence-corrected chi connectivity index (χ1v) is 6.25. The molecule has 1 rings (SSSR count). The van der Waals surface area contributed by atoms with Gasteiger partial charge in [-0.15, -0.1) is 6.58 Å². The van der Waals surface area contributed by atoms with E-state index in [0.29, 0.717) is 11.4 Å². The predicted molar refractivity (Wildman–Crippen MR) is 71.7 cm³/mol. The SMILES string of the molecule is C=CC[C@@H](CC)NC(=O)Nc1c(CC)noc1C. The molecule has 0 aromatic carbocycles. The van der Waals surface area contributed by atoms with Crippen molar-refractivity contribution in [3.8, 4) is 0 Å². The smallest absolute Gasteiger partial charge is 0.319 e. The van der Waals surface area contributed by atoms with E-state index in [4.69, 9.17) is 4.52 Å². The van der Waals surface area contributed by atoms with Crippen LogP contribution in [0.2, 0.25) is 0 Å². The monoisotopic (exact) mass is 251 g/mol. The van der Waals surface area contributed by atoms with Gasteiger partial charge in [0.05, 0.1) is 0 Å². The number of hydrogen-bond acceptors (Lipinski definition) is 3. The topological polar surface area (TPSA) is 67.2 Å². The number of nitrogens with one attached hydrogen (secondary N) is 2. The first-order chi connectivity index (χ1) is 8.62. The van der Waals surface area contributed by atoms with Crippen molar-refractivity contribution in [1.82, 2.24) is 10.5 Å². The van der Waals surface area contributed by atoms with E-state index in [1.54, 1.807) is 13.0 Å². The molecular formula is C13H21N3O2. The molecule has 1 aromatic rings. The largest absolute Gasteiger partial charge is 0.359 e. The highest BCUT2D eigenvalue weighted by atomic mass is 16.5.